The first kappa shape index (κ1) is 15.6. The van der Waals surface area contributed by atoms with Crippen molar-refractivity contribution in [3.63, 3.8) is 0 Å². The number of benzene rings is 3. The molecule has 3 heteroatoms. The topological polar surface area (TPSA) is 37.3 Å². The maximum absolute atomic E-state index is 12.6. The average molecular weight is 344 g/mol. The third-order valence-electron chi connectivity index (χ3n) is 4.21. The summed E-state index contributed by atoms with van der Waals surface area (Å²) in [4.78, 5) is 14.4. The Morgan fingerprint density at radius 1 is 0.840 bits per heavy atom. The van der Waals surface area contributed by atoms with E-state index in [-0.39, 0.29) is 11.5 Å². The van der Waals surface area contributed by atoms with E-state index in [1.54, 1.807) is 12.1 Å². The monoisotopic (exact) mass is 344 g/mol. The third kappa shape index (κ3) is 3.32. The first-order valence-corrected chi connectivity index (χ1v) is 8.91. The van der Waals surface area contributed by atoms with Crippen LogP contribution in [0.5, 0.6) is 5.75 Å². The molecule has 1 heterocycles. The molecule has 0 aliphatic heterocycles. The Morgan fingerprint density at radius 3 is 2.40 bits per heavy atom. The minimum absolute atomic E-state index is 0.130. The van der Waals surface area contributed by atoms with E-state index in [4.69, 9.17) is 0 Å². The predicted octanol–water partition coefficient (Wildman–Crippen LogP) is 5.70. The van der Waals surface area contributed by atoms with Gasteiger partial charge in [0, 0.05) is 11.3 Å². The number of aromatic hydroxyl groups is 1. The standard InChI is InChI=1S/C22H16O2S/c23-19-9-7-17(8-10-19)21-11-12-22(25-21)20(24)14-15-5-6-16-3-1-2-4-18(16)13-15/h1-13,23H,14H2. The largest absolute Gasteiger partial charge is 0.508 e. The number of fused-ring (bicyclic) bond motifs is 1. The van der Waals surface area contributed by atoms with Crippen molar-refractivity contribution in [2.75, 3.05) is 0 Å². The van der Waals surface area contributed by atoms with E-state index in [1.165, 1.54) is 16.7 Å². The van der Waals surface area contributed by atoms with Gasteiger partial charge < -0.3 is 5.11 Å². The molecule has 25 heavy (non-hydrogen) atoms. The van der Waals surface area contributed by atoms with Crippen molar-refractivity contribution in [2.24, 2.45) is 0 Å². The molecule has 1 aromatic heterocycles. The molecule has 122 valence electrons. The van der Waals surface area contributed by atoms with Gasteiger partial charge in [0.15, 0.2) is 5.78 Å². The Labute approximate surface area is 150 Å². The number of phenols is 1. The first-order valence-electron chi connectivity index (χ1n) is 8.09. The van der Waals surface area contributed by atoms with E-state index in [1.807, 2.05) is 42.5 Å². The number of phenolic OH excluding ortho intramolecular Hbond substituents is 1. The van der Waals surface area contributed by atoms with Gasteiger partial charge in [-0.25, -0.2) is 0 Å². The fourth-order valence-electron chi connectivity index (χ4n) is 2.89. The Kier molecular flexibility index (Phi) is 4.08. The van der Waals surface area contributed by atoms with E-state index in [9.17, 15) is 9.90 Å². The molecule has 4 aromatic rings. The van der Waals surface area contributed by atoms with Crippen molar-refractivity contribution in [3.05, 3.63) is 89.3 Å². The van der Waals surface area contributed by atoms with Crippen LogP contribution < -0.4 is 0 Å². The van der Waals surface area contributed by atoms with E-state index < -0.39 is 0 Å². The summed E-state index contributed by atoms with van der Waals surface area (Å²) in [5.74, 6) is 0.373. The molecule has 0 radical (unpaired) electrons. The quantitative estimate of drug-likeness (QED) is 0.482. The van der Waals surface area contributed by atoms with Crippen LogP contribution in [0.15, 0.2) is 78.9 Å². The first-order chi connectivity index (χ1) is 12.2. The third-order valence-corrected chi connectivity index (χ3v) is 5.39. The number of hydrogen-bond acceptors (Lipinski definition) is 3. The summed E-state index contributed by atoms with van der Waals surface area (Å²) in [5.41, 5.74) is 2.04. The highest BCUT2D eigenvalue weighted by Crippen LogP contribution is 2.30. The molecule has 0 bridgehead atoms. The van der Waals surface area contributed by atoms with Gasteiger partial charge in [-0.15, -0.1) is 11.3 Å². The Morgan fingerprint density at radius 2 is 1.60 bits per heavy atom. The highest BCUT2D eigenvalue weighted by Gasteiger charge is 2.11. The number of rotatable bonds is 4. The van der Waals surface area contributed by atoms with E-state index in [0.717, 1.165) is 26.3 Å². The molecule has 4 rings (SSSR count). The van der Waals surface area contributed by atoms with Crippen LogP contribution in [-0.4, -0.2) is 10.9 Å². The maximum atomic E-state index is 12.6. The molecule has 0 atom stereocenters. The summed E-state index contributed by atoms with van der Waals surface area (Å²) in [6.45, 7) is 0. The molecule has 0 amide bonds. The smallest absolute Gasteiger partial charge is 0.177 e. The van der Waals surface area contributed by atoms with Crippen LogP contribution in [0.1, 0.15) is 15.2 Å². The van der Waals surface area contributed by atoms with Crippen LogP contribution in [0.2, 0.25) is 0 Å². The van der Waals surface area contributed by atoms with Crippen molar-refractivity contribution in [1.82, 2.24) is 0 Å². The molecule has 0 saturated heterocycles. The lowest BCUT2D eigenvalue weighted by molar-refractivity contribution is 0.0997. The number of carbonyl (C=O) groups excluding carboxylic acids is 1. The van der Waals surface area contributed by atoms with Crippen molar-refractivity contribution in [1.29, 1.82) is 0 Å². The highest BCUT2D eigenvalue weighted by molar-refractivity contribution is 7.17. The van der Waals surface area contributed by atoms with Crippen LogP contribution in [-0.2, 0) is 6.42 Å². The van der Waals surface area contributed by atoms with Crippen LogP contribution in [0.3, 0.4) is 0 Å². The zero-order valence-corrected chi connectivity index (χ0v) is 14.3. The summed E-state index contributed by atoms with van der Waals surface area (Å²) >= 11 is 1.49. The van der Waals surface area contributed by atoms with Crippen LogP contribution in [0.25, 0.3) is 21.2 Å². The molecule has 0 spiro atoms. The predicted molar refractivity (Wildman–Crippen MR) is 103 cm³/mol. The summed E-state index contributed by atoms with van der Waals surface area (Å²) in [7, 11) is 0. The summed E-state index contributed by atoms with van der Waals surface area (Å²) in [6.07, 6.45) is 0.403. The van der Waals surface area contributed by atoms with Gasteiger partial charge in [0.1, 0.15) is 5.75 Å². The van der Waals surface area contributed by atoms with Crippen molar-refractivity contribution < 1.29 is 9.90 Å². The molecule has 0 unspecified atom stereocenters. The van der Waals surface area contributed by atoms with Gasteiger partial charge in [0.25, 0.3) is 0 Å². The molecule has 3 aromatic carbocycles. The zero-order valence-electron chi connectivity index (χ0n) is 13.5. The number of ketones is 1. The number of Topliss-reactive ketones (excluding diaryl/α,β-unsaturated/α-hetero) is 1. The fraction of sp³-hybridized carbons (Fsp3) is 0.0455. The number of hydrogen-bond donors (Lipinski definition) is 1. The van der Waals surface area contributed by atoms with Crippen molar-refractivity contribution in [2.45, 2.75) is 6.42 Å². The van der Waals surface area contributed by atoms with Gasteiger partial charge in [-0.1, -0.05) is 42.5 Å². The molecular weight excluding hydrogens is 328 g/mol. The average Bonchev–Trinajstić information content (AvgIpc) is 3.12. The zero-order chi connectivity index (χ0) is 17.2. The van der Waals surface area contributed by atoms with E-state index in [0.29, 0.717) is 6.42 Å². The van der Waals surface area contributed by atoms with Gasteiger partial charge in [0.05, 0.1) is 4.88 Å². The second-order valence-electron chi connectivity index (χ2n) is 5.99. The minimum Gasteiger partial charge on any atom is -0.508 e. The van der Waals surface area contributed by atoms with Gasteiger partial charge in [-0.05, 0) is 58.3 Å². The lowest BCUT2D eigenvalue weighted by Gasteiger charge is -2.03. The second-order valence-corrected chi connectivity index (χ2v) is 7.08. The van der Waals surface area contributed by atoms with E-state index in [2.05, 4.69) is 24.3 Å². The summed E-state index contributed by atoms with van der Waals surface area (Å²) < 4.78 is 0. The second kappa shape index (κ2) is 6.54. The summed E-state index contributed by atoms with van der Waals surface area (Å²) in [5, 5.41) is 11.7. The maximum Gasteiger partial charge on any atom is 0.177 e. The van der Waals surface area contributed by atoms with Crippen molar-refractivity contribution in [3.8, 4) is 16.2 Å². The minimum atomic E-state index is 0.130. The summed E-state index contributed by atoms with van der Waals surface area (Å²) in [6, 6.07) is 25.2. The lowest BCUT2D eigenvalue weighted by atomic mass is 10.0. The lowest BCUT2D eigenvalue weighted by Crippen LogP contribution is -2.00. The molecule has 0 saturated carbocycles. The van der Waals surface area contributed by atoms with Crippen LogP contribution in [0.4, 0.5) is 0 Å². The number of thiophene rings is 1. The van der Waals surface area contributed by atoms with Crippen molar-refractivity contribution >= 4 is 27.9 Å². The SMILES string of the molecule is O=C(Cc1ccc2ccccc2c1)c1ccc(-c2ccc(O)cc2)s1. The van der Waals surface area contributed by atoms with Crippen LogP contribution in [0, 0.1) is 0 Å². The molecule has 0 aliphatic rings. The Hall–Kier alpha value is -2.91. The van der Waals surface area contributed by atoms with Gasteiger partial charge >= 0.3 is 0 Å². The fourth-order valence-corrected chi connectivity index (χ4v) is 3.84. The molecule has 0 fully saturated rings. The molecular formula is C22H16O2S. The van der Waals surface area contributed by atoms with Crippen LogP contribution >= 0.6 is 11.3 Å². The molecule has 1 N–H and O–H groups in total. The van der Waals surface area contributed by atoms with E-state index >= 15 is 0 Å². The molecule has 2 nitrogen and oxygen atoms in total. The van der Waals surface area contributed by atoms with Gasteiger partial charge in [0.2, 0.25) is 0 Å². The number of carbonyl (C=O) groups is 1. The molecule has 0 aliphatic carbocycles. The van der Waals surface area contributed by atoms with Gasteiger partial charge in [-0.3, -0.25) is 4.79 Å². The Bertz CT molecular complexity index is 1050. The van der Waals surface area contributed by atoms with Gasteiger partial charge in [-0.2, -0.15) is 0 Å². The highest BCUT2D eigenvalue weighted by atomic mass is 32.1. The Balaban J connectivity index is 1.55. The normalized spacial score (nSPS) is 10.9.